The maximum atomic E-state index is 5.98. The van der Waals surface area contributed by atoms with E-state index in [4.69, 9.17) is 14.2 Å². The van der Waals surface area contributed by atoms with Gasteiger partial charge in [-0.15, -0.1) is 0 Å². The molecule has 1 aromatic rings. The fourth-order valence-corrected chi connectivity index (χ4v) is 2.03. The van der Waals surface area contributed by atoms with Crippen molar-refractivity contribution in [1.82, 2.24) is 0 Å². The van der Waals surface area contributed by atoms with Gasteiger partial charge in [-0.05, 0) is 23.0 Å². The summed E-state index contributed by atoms with van der Waals surface area (Å²) in [5, 5.41) is 0. The molecule has 0 aliphatic rings. The summed E-state index contributed by atoms with van der Waals surface area (Å²) >= 11 is 0. The average Bonchev–Trinajstić information content (AvgIpc) is 2.39. The highest BCUT2D eigenvalue weighted by molar-refractivity contribution is 5.44. The van der Waals surface area contributed by atoms with Gasteiger partial charge in [-0.1, -0.05) is 45.9 Å². The van der Waals surface area contributed by atoms with Gasteiger partial charge in [-0.25, -0.2) is 0 Å². The Balaban J connectivity index is 3.00. The zero-order valence-corrected chi connectivity index (χ0v) is 12.9. The molecule has 108 valence electrons. The fraction of sp³-hybridized carbons (Fsp3) is 0.625. The topological polar surface area (TPSA) is 27.7 Å². The van der Waals surface area contributed by atoms with Gasteiger partial charge in [0.1, 0.15) is 12.4 Å². The highest BCUT2D eigenvalue weighted by Gasteiger charge is 2.16. The summed E-state index contributed by atoms with van der Waals surface area (Å²) in [6, 6.07) is 6.35. The maximum absolute atomic E-state index is 5.98. The number of methoxy groups -OCH3 is 2. The van der Waals surface area contributed by atoms with Crippen LogP contribution < -0.4 is 4.74 Å². The second kappa shape index (κ2) is 7.51. The molecule has 0 atom stereocenters. The van der Waals surface area contributed by atoms with Crippen molar-refractivity contribution in [3.8, 4) is 5.75 Å². The van der Waals surface area contributed by atoms with E-state index in [1.165, 1.54) is 11.1 Å². The lowest BCUT2D eigenvalue weighted by Gasteiger charge is -2.22. The standard InChI is InChI=1S/C16H26O3/c1-11(2)13-8-7-9-14(12(3)4)16(13)19-10-15(17-5)18-6/h7-9,11-12,15H,10H2,1-6H3. The van der Waals surface area contributed by atoms with Crippen molar-refractivity contribution in [3.05, 3.63) is 29.3 Å². The highest BCUT2D eigenvalue weighted by atomic mass is 16.7. The van der Waals surface area contributed by atoms with Crippen molar-refractivity contribution in [2.75, 3.05) is 20.8 Å². The third-order valence-corrected chi connectivity index (χ3v) is 3.21. The molecule has 3 heteroatoms. The summed E-state index contributed by atoms with van der Waals surface area (Å²) in [6.45, 7) is 9.11. The van der Waals surface area contributed by atoms with Gasteiger partial charge in [0.2, 0.25) is 0 Å². The van der Waals surface area contributed by atoms with E-state index in [9.17, 15) is 0 Å². The Morgan fingerprint density at radius 3 is 1.74 bits per heavy atom. The Kier molecular flexibility index (Phi) is 6.32. The molecule has 0 saturated heterocycles. The maximum Gasteiger partial charge on any atom is 0.191 e. The van der Waals surface area contributed by atoms with Gasteiger partial charge in [0.25, 0.3) is 0 Å². The van der Waals surface area contributed by atoms with Crippen molar-refractivity contribution in [2.24, 2.45) is 0 Å². The Morgan fingerprint density at radius 2 is 1.37 bits per heavy atom. The highest BCUT2D eigenvalue weighted by Crippen LogP contribution is 2.34. The third kappa shape index (κ3) is 4.22. The van der Waals surface area contributed by atoms with Gasteiger partial charge in [0, 0.05) is 14.2 Å². The lowest BCUT2D eigenvalue weighted by molar-refractivity contribution is -0.122. The first kappa shape index (κ1) is 16.0. The summed E-state index contributed by atoms with van der Waals surface area (Å²) < 4.78 is 16.3. The summed E-state index contributed by atoms with van der Waals surface area (Å²) in [6.07, 6.45) is -0.333. The number of para-hydroxylation sites is 1. The Morgan fingerprint density at radius 1 is 0.895 bits per heavy atom. The number of ether oxygens (including phenoxy) is 3. The molecule has 0 aromatic heterocycles. The van der Waals surface area contributed by atoms with Crippen LogP contribution in [0.4, 0.5) is 0 Å². The van der Waals surface area contributed by atoms with Gasteiger partial charge >= 0.3 is 0 Å². The largest absolute Gasteiger partial charge is 0.488 e. The molecule has 0 radical (unpaired) electrons. The van der Waals surface area contributed by atoms with Crippen molar-refractivity contribution in [3.63, 3.8) is 0 Å². The Labute approximate surface area is 116 Å². The first-order valence-corrected chi connectivity index (χ1v) is 6.82. The minimum absolute atomic E-state index is 0.333. The summed E-state index contributed by atoms with van der Waals surface area (Å²) in [5.41, 5.74) is 2.47. The lowest BCUT2D eigenvalue weighted by Crippen LogP contribution is -2.23. The smallest absolute Gasteiger partial charge is 0.191 e. The average molecular weight is 266 g/mol. The van der Waals surface area contributed by atoms with Gasteiger partial charge in [-0.3, -0.25) is 0 Å². The van der Waals surface area contributed by atoms with Crippen molar-refractivity contribution < 1.29 is 14.2 Å². The number of hydrogen-bond donors (Lipinski definition) is 0. The molecule has 3 nitrogen and oxygen atoms in total. The molecule has 0 fully saturated rings. The third-order valence-electron chi connectivity index (χ3n) is 3.21. The van der Waals surface area contributed by atoms with Crippen LogP contribution in [0, 0.1) is 0 Å². The summed E-state index contributed by atoms with van der Waals surface area (Å²) in [5.74, 6) is 1.83. The number of hydrogen-bond acceptors (Lipinski definition) is 3. The minimum atomic E-state index is -0.333. The van der Waals surface area contributed by atoms with Crippen LogP contribution in [-0.2, 0) is 9.47 Å². The molecule has 0 heterocycles. The zero-order valence-electron chi connectivity index (χ0n) is 12.9. The van der Waals surface area contributed by atoms with Gasteiger partial charge in [0.15, 0.2) is 6.29 Å². The molecule has 0 N–H and O–H groups in total. The normalized spacial score (nSPS) is 11.6. The Bertz CT molecular complexity index is 355. The molecule has 0 bridgehead atoms. The van der Waals surface area contributed by atoms with E-state index in [0.717, 1.165) is 5.75 Å². The molecule has 1 rings (SSSR count). The van der Waals surface area contributed by atoms with Gasteiger partial charge in [0.05, 0.1) is 0 Å². The second-order valence-electron chi connectivity index (χ2n) is 5.29. The minimum Gasteiger partial charge on any atom is -0.488 e. The molecular formula is C16H26O3. The SMILES string of the molecule is COC(COc1c(C(C)C)cccc1C(C)C)OC. The first-order chi connectivity index (χ1) is 9.01. The van der Waals surface area contributed by atoms with E-state index >= 15 is 0 Å². The van der Waals surface area contributed by atoms with Crippen LogP contribution >= 0.6 is 0 Å². The molecule has 0 aliphatic heterocycles. The van der Waals surface area contributed by atoms with Crippen LogP contribution in [0.15, 0.2) is 18.2 Å². The van der Waals surface area contributed by atoms with Crippen LogP contribution in [0.25, 0.3) is 0 Å². The Hall–Kier alpha value is -1.06. The van der Waals surface area contributed by atoms with E-state index < -0.39 is 0 Å². The zero-order chi connectivity index (χ0) is 14.4. The first-order valence-electron chi connectivity index (χ1n) is 6.82. The van der Waals surface area contributed by atoms with Crippen LogP contribution in [0.1, 0.15) is 50.7 Å². The fourth-order valence-electron chi connectivity index (χ4n) is 2.03. The van der Waals surface area contributed by atoms with Gasteiger partial charge in [-0.2, -0.15) is 0 Å². The van der Waals surface area contributed by atoms with E-state index in [0.29, 0.717) is 18.4 Å². The van der Waals surface area contributed by atoms with E-state index in [1.807, 2.05) is 0 Å². The quantitative estimate of drug-likeness (QED) is 0.700. The van der Waals surface area contributed by atoms with Crippen molar-refractivity contribution in [1.29, 1.82) is 0 Å². The van der Waals surface area contributed by atoms with Gasteiger partial charge < -0.3 is 14.2 Å². The van der Waals surface area contributed by atoms with Crippen molar-refractivity contribution >= 4 is 0 Å². The van der Waals surface area contributed by atoms with E-state index in [2.05, 4.69) is 45.9 Å². The predicted octanol–water partition coefficient (Wildman–Crippen LogP) is 3.93. The molecule has 0 unspecified atom stereocenters. The van der Waals surface area contributed by atoms with Crippen LogP contribution in [-0.4, -0.2) is 27.1 Å². The molecule has 0 spiro atoms. The van der Waals surface area contributed by atoms with Crippen molar-refractivity contribution in [2.45, 2.75) is 45.8 Å². The lowest BCUT2D eigenvalue weighted by atomic mass is 9.94. The second-order valence-corrected chi connectivity index (χ2v) is 5.29. The van der Waals surface area contributed by atoms with E-state index in [-0.39, 0.29) is 6.29 Å². The molecule has 19 heavy (non-hydrogen) atoms. The molecule has 0 amide bonds. The number of rotatable bonds is 7. The monoisotopic (exact) mass is 266 g/mol. The summed E-state index contributed by atoms with van der Waals surface area (Å²) in [7, 11) is 3.24. The summed E-state index contributed by atoms with van der Waals surface area (Å²) in [4.78, 5) is 0. The van der Waals surface area contributed by atoms with Crippen LogP contribution in [0.3, 0.4) is 0 Å². The number of benzene rings is 1. The van der Waals surface area contributed by atoms with Crippen LogP contribution in [0.5, 0.6) is 5.75 Å². The predicted molar refractivity (Wildman–Crippen MR) is 77.9 cm³/mol. The van der Waals surface area contributed by atoms with E-state index in [1.54, 1.807) is 14.2 Å². The molecule has 0 saturated carbocycles. The molecule has 1 aromatic carbocycles. The molecular weight excluding hydrogens is 240 g/mol. The molecule has 0 aliphatic carbocycles. The van der Waals surface area contributed by atoms with Crippen LogP contribution in [0.2, 0.25) is 0 Å².